The number of fused-ring (bicyclic) bond motifs is 2. The lowest BCUT2D eigenvalue weighted by atomic mass is 9.79. The molecule has 5 aliphatic rings. The highest BCUT2D eigenvalue weighted by Gasteiger charge is 2.49. The van der Waals surface area contributed by atoms with Gasteiger partial charge < -0.3 is 15.5 Å². The third kappa shape index (κ3) is 4.09. The van der Waals surface area contributed by atoms with Crippen molar-refractivity contribution in [2.45, 2.75) is 95.6 Å². The number of aromatic nitrogens is 2. The molecule has 2 heterocycles. The molecule has 34 heavy (non-hydrogen) atoms. The molecule has 5 fully saturated rings. The summed E-state index contributed by atoms with van der Waals surface area (Å²) in [5, 5.41) is 6.89. The summed E-state index contributed by atoms with van der Waals surface area (Å²) >= 11 is 0. The van der Waals surface area contributed by atoms with Crippen molar-refractivity contribution >= 4 is 17.8 Å². The predicted octanol–water partition coefficient (Wildman–Crippen LogP) is 4.11. The van der Waals surface area contributed by atoms with Crippen molar-refractivity contribution < 1.29 is 9.59 Å². The van der Waals surface area contributed by atoms with E-state index in [4.69, 9.17) is 4.98 Å². The maximum absolute atomic E-state index is 13.6. The van der Waals surface area contributed by atoms with Crippen molar-refractivity contribution in [1.29, 1.82) is 0 Å². The van der Waals surface area contributed by atoms with E-state index in [0.717, 1.165) is 36.9 Å². The molecule has 1 saturated heterocycles. The first kappa shape index (κ1) is 22.3. The molecule has 6 rings (SSSR count). The van der Waals surface area contributed by atoms with Gasteiger partial charge in [0, 0.05) is 37.7 Å². The van der Waals surface area contributed by atoms with Crippen LogP contribution in [0, 0.1) is 23.7 Å². The fourth-order valence-electron chi connectivity index (χ4n) is 8.07. The number of nitrogens with one attached hydrogen (secondary N) is 2. The van der Waals surface area contributed by atoms with Crippen molar-refractivity contribution in [3.63, 3.8) is 0 Å². The molecule has 4 aliphatic carbocycles. The Morgan fingerprint density at radius 1 is 1.09 bits per heavy atom. The van der Waals surface area contributed by atoms with E-state index in [9.17, 15) is 9.59 Å². The van der Waals surface area contributed by atoms with Crippen molar-refractivity contribution in [1.82, 2.24) is 20.2 Å². The van der Waals surface area contributed by atoms with Gasteiger partial charge in [-0.3, -0.25) is 9.59 Å². The van der Waals surface area contributed by atoms with Gasteiger partial charge in [0.2, 0.25) is 11.9 Å². The zero-order valence-corrected chi connectivity index (χ0v) is 20.5. The second-order valence-electron chi connectivity index (χ2n) is 11.6. The maximum atomic E-state index is 13.6. The molecule has 3 bridgehead atoms. The maximum Gasteiger partial charge on any atom is 0.254 e. The third-order valence-electron chi connectivity index (χ3n) is 9.63. The van der Waals surface area contributed by atoms with Crippen LogP contribution in [0.4, 0.5) is 5.95 Å². The van der Waals surface area contributed by atoms with Crippen LogP contribution in [-0.2, 0) is 4.79 Å². The van der Waals surface area contributed by atoms with Crippen LogP contribution in [0.3, 0.4) is 0 Å². The number of amides is 2. The van der Waals surface area contributed by atoms with E-state index in [2.05, 4.69) is 15.6 Å². The van der Waals surface area contributed by atoms with Crippen LogP contribution >= 0.6 is 0 Å². The van der Waals surface area contributed by atoms with Crippen LogP contribution in [0.15, 0.2) is 6.20 Å². The number of nitrogens with zero attached hydrogens (tertiary/aromatic N) is 3. The lowest BCUT2D eigenvalue weighted by Crippen LogP contribution is -2.43. The molecule has 0 aromatic carbocycles. The largest absolute Gasteiger partial charge is 0.349 e. The van der Waals surface area contributed by atoms with Gasteiger partial charge in [0.05, 0.1) is 17.3 Å². The summed E-state index contributed by atoms with van der Waals surface area (Å²) in [7, 11) is 0. The Kier molecular flexibility index (Phi) is 5.98. The molecular weight excluding hydrogens is 426 g/mol. The number of carbonyl (C=O) groups excluding carboxylic acids is 2. The average Bonchev–Trinajstić information content (AvgIpc) is 3.51. The van der Waals surface area contributed by atoms with E-state index in [0.29, 0.717) is 48.3 Å². The molecule has 184 valence electrons. The minimum absolute atomic E-state index is 0.0283. The summed E-state index contributed by atoms with van der Waals surface area (Å²) in [6.07, 6.45) is 14.7. The van der Waals surface area contributed by atoms with E-state index in [1.165, 1.54) is 51.4 Å². The van der Waals surface area contributed by atoms with E-state index < -0.39 is 0 Å². The average molecular weight is 466 g/mol. The summed E-state index contributed by atoms with van der Waals surface area (Å²) < 4.78 is 0. The number of likely N-dealkylation sites (N-methyl/N-ethyl adjacent to an activating group) is 1. The summed E-state index contributed by atoms with van der Waals surface area (Å²) in [6, 6.07) is 0.349. The van der Waals surface area contributed by atoms with Gasteiger partial charge >= 0.3 is 0 Å². The first-order valence-electron chi connectivity index (χ1n) is 13.8. The Hall–Kier alpha value is -2.18. The first-order chi connectivity index (χ1) is 16.6. The SMILES string of the molecule is CCN1CC(Nc2ncc(C(=O)N[C@H]3C4CC5CCCC3C(C5)C4)c(C3CCCC3)n2)CC1=O. The van der Waals surface area contributed by atoms with Crippen molar-refractivity contribution in [2.75, 3.05) is 18.4 Å². The Morgan fingerprint density at radius 3 is 2.71 bits per heavy atom. The molecule has 5 unspecified atom stereocenters. The number of hydrogen-bond donors (Lipinski definition) is 2. The van der Waals surface area contributed by atoms with Crippen molar-refractivity contribution in [3.8, 4) is 0 Å². The standard InChI is InChI=1S/C27H39N5O2/c1-2-32-15-20(13-23(32)33)29-27-28-14-22(24(31-27)17-7-3-4-8-17)26(34)30-25-19-11-16-6-5-9-21(25)18(10-16)12-19/h14,16-21,25H,2-13,15H2,1H3,(H,30,34)(H,28,29,31)/t16?,18?,19?,20?,21?,25-/m0/s1. The summed E-state index contributed by atoms with van der Waals surface area (Å²) in [5.74, 6) is 4.08. The second-order valence-corrected chi connectivity index (χ2v) is 11.6. The molecule has 2 N–H and O–H groups in total. The Morgan fingerprint density at radius 2 is 1.91 bits per heavy atom. The lowest BCUT2D eigenvalue weighted by molar-refractivity contribution is -0.127. The van der Waals surface area contributed by atoms with Crippen molar-refractivity contribution in [2.24, 2.45) is 23.7 Å². The van der Waals surface area contributed by atoms with Crippen LogP contribution in [0.5, 0.6) is 0 Å². The number of likely N-dealkylation sites (tertiary alicyclic amines) is 1. The van der Waals surface area contributed by atoms with Gasteiger partial charge in [0.25, 0.3) is 5.91 Å². The fourth-order valence-corrected chi connectivity index (χ4v) is 8.07. The third-order valence-corrected chi connectivity index (χ3v) is 9.63. The highest BCUT2D eigenvalue weighted by Crippen LogP contribution is 2.53. The molecule has 7 heteroatoms. The molecular formula is C27H39N5O2. The van der Waals surface area contributed by atoms with E-state index in [1.807, 2.05) is 11.8 Å². The molecule has 2 amide bonds. The molecule has 1 aliphatic heterocycles. The number of rotatable bonds is 6. The zero-order valence-electron chi connectivity index (χ0n) is 20.5. The molecule has 1 aromatic rings. The van der Waals surface area contributed by atoms with Gasteiger partial charge in [-0.05, 0) is 69.1 Å². The number of anilines is 1. The van der Waals surface area contributed by atoms with Gasteiger partial charge in [-0.2, -0.15) is 0 Å². The smallest absolute Gasteiger partial charge is 0.254 e. The Bertz CT molecular complexity index is 945. The predicted molar refractivity (Wildman–Crippen MR) is 130 cm³/mol. The molecule has 1 aromatic heterocycles. The quantitative estimate of drug-likeness (QED) is 0.660. The number of hydrogen-bond acceptors (Lipinski definition) is 5. The normalized spacial score (nSPS) is 35.1. The fraction of sp³-hybridized carbons (Fsp3) is 0.778. The second kappa shape index (κ2) is 9.12. The van der Waals surface area contributed by atoms with E-state index in [1.54, 1.807) is 6.20 Å². The molecule has 4 saturated carbocycles. The molecule has 0 spiro atoms. The van der Waals surface area contributed by atoms with E-state index in [-0.39, 0.29) is 17.9 Å². The van der Waals surface area contributed by atoms with Crippen LogP contribution in [0.1, 0.15) is 99.5 Å². The summed E-state index contributed by atoms with van der Waals surface area (Å²) in [4.78, 5) is 37.1. The summed E-state index contributed by atoms with van der Waals surface area (Å²) in [5.41, 5.74) is 1.58. The number of carbonyl (C=O) groups is 2. The summed E-state index contributed by atoms with van der Waals surface area (Å²) in [6.45, 7) is 3.43. The van der Waals surface area contributed by atoms with Gasteiger partial charge in [-0.1, -0.05) is 25.7 Å². The first-order valence-corrected chi connectivity index (χ1v) is 13.8. The van der Waals surface area contributed by atoms with E-state index >= 15 is 0 Å². The minimum atomic E-state index is 0.0283. The highest BCUT2D eigenvalue weighted by molar-refractivity contribution is 5.95. The molecule has 7 nitrogen and oxygen atoms in total. The van der Waals surface area contributed by atoms with Crippen LogP contribution < -0.4 is 10.6 Å². The van der Waals surface area contributed by atoms with Gasteiger partial charge in [-0.15, -0.1) is 0 Å². The topological polar surface area (TPSA) is 87.2 Å². The zero-order chi connectivity index (χ0) is 23.2. The van der Waals surface area contributed by atoms with Crippen LogP contribution in [0.25, 0.3) is 0 Å². The lowest BCUT2D eigenvalue weighted by Gasteiger charge is -2.30. The van der Waals surface area contributed by atoms with Crippen LogP contribution in [-0.4, -0.2) is 51.9 Å². The van der Waals surface area contributed by atoms with Crippen molar-refractivity contribution in [3.05, 3.63) is 17.5 Å². The Balaban J connectivity index is 1.21. The highest BCUT2D eigenvalue weighted by atomic mass is 16.2. The monoisotopic (exact) mass is 465 g/mol. The molecule has 0 radical (unpaired) electrons. The van der Waals surface area contributed by atoms with Crippen LogP contribution in [0.2, 0.25) is 0 Å². The molecule has 6 atom stereocenters. The van der Waals surface area contributed by atoms with Gasteiger partial charge in [-0.25, -0.2) is 9.97 Å². The van der Waals surface area contributed by atoms with Gasteiger partial charge in [0.15, 0.2) is 0 Å². The van der Waals surface area contributed by atoms with Gasteiger partial charge in [0.1, 0.15) is 0 Å². The minimum Gasteiger partial charge on any atom is -0.349 e. The Labute approximate surface area is 202 Å².